The molecule has 2 aromatic carbocycles. The van der Waals surface area contributed by atoms with Crippen molar-refractivity contribution in [3.63, 3.8) is 0 Å². The van der Waals surface area contributed by atoms with Gasteiger partial charge in [0, 0.05) is 17.7 Å². The zero-order valence-corrected chi connectivity index (χ0v) is 12.1. The largest absolute Gasteiger partial charge is 0.497 e. The van der Waals surface area contributed by atoms with Crippen molar-refractivity contribution in [1.82, 2.24) is 5.32 Å². The zero-order chi connectivity index (χ0) is 15.2. The van der Waals surface area contributed by atoms with E-state index in [1.54, 1.807) is 19.2 Å². The molecule has 0 spiro atoms. The number of methoxy groups -OCH3 is 1. The summed E-state index contributed by atoms with van der Waals surface area (Å²) in [5, 5.41) is 14.4. The van der Waals surface area contributed by atoms with Gasteiger partial charge < -0.3 is 10.1 Å². The van der Waals surface area contributed by atoms with Crippen LogP contribution in [0.25, 0.3) is 0 Å². The van der Waals surface area contributed by atoms with Crippen molar-refractivity contribution in [2.24, 2.45) is 0 Å². The van der Waals surface area contributed by atoms with Gasteiger partial charge in [0.1, 0.15) is 5.75 Å². The zero-order valence-electron chi connectivity index (χ0n) is 12.1. The second-order valence-corrected chi connectivity index (χ2v) is 4.71. The van der Waals surface area contributed by atoms with Gasteiger partial charge >= 0.3 is 0 Å². The lowest BCUT2D eigenvalue weighted by Crippen LogP contribution is -2.19. The second kappa shape index (κ2) is 6.85. The van der Waals surface area contributed by atoms with Crippen molar-refractivity contribution in [2.75, 3.05) is 14.2 Å². The van der Waals surface area contributed by atoms with E-state index in [1.807, 2.05) is 37.4 Å². The monoisotopic (exact) mass is 286 g/mol. The van der Waals surface area contributed by atoms with Crippen LogP contribution in [0.4, 0.5) is 5.69 Å². The van der Waals surface area contributed by atoms with Crippen LogP contribution in [0.5, 0.6) is 5.75 Å². The summed E-state index contributed by atoms with van der Waals surface area (Å²) in [6.07, 6.45) is 0.522. The van der Waals surface area contributed by atoms with Gasteiger partial charge in [-0.25, -0.2) is 0 Å². The van der Waals surface area contributed by atoms with Crippen molar-refractivity contribution in [3.05, 3.63) is 69.8 Å². The Morgan fingerprint density at radius 2 is 1.95 bits per heavy atom. The van der Waals surface area contributed by atoms with Crippen LogP contribution in [-0.2, 0) is 6.42 Å². The maximum atomic E-state index is 11.2. The number of nitro groups is 1. The normalized spacial score (nSPS) is 11.9. The molecule has 0 aliphatic carbocycles. The van der Waals surface area contributed by atoms with Crippen LogP contribution in [0.3, 0.4) is 0 Å². The van der Waals surface area contributed by atoms with Gasteiger partial charge in [-0.3, -0.25) is 10.1 Å². The summed E-state index contributed by atoms with van der Waals surface area (Å²) in [4.78, 5) is 10.8. The molecular weight excluding hydrogens is 268 g/mol. The molecule has 2 aromatic rings. The molecule has 21 heavy (non-hydrogen) atoms. The summed E-state index contributed by atoms with van der Waals surface area (Å²) in [6, 6.07) is 14.7. The standard InChI is InChI=1S/C16H18N2O3/c1-17-15(12-6-4-3-5-7-12)11-13-10-14(21-2)8-9-16(13)18(19)20/h3-10,15,17H,11H2,1-2H3. The van der Waals surface area contributed by atoms with Crippen LogP contribution >= 0.6 is 0 Å². The van der Waals surface area contributed by atoms with Gasteiger partial charge in [-0.15, -0.1) is 0 Å². The molecule has 0 aliphatic heterocycles. The maximum Gasteiger partial charge on any atom is 0.272 e. The molecule has 0 amide bonds. The lowest BCUT2D eigenvalue weighted by molar-refractivity contribution is -0.385. The molecule has 5 heteroatoms. The fourth-order valence-corrected chi connectivity index (χ4v) is 2.32. The second-order valence-electron chi connectivity index (χ2n) is 4.71. The van der Waals surface area contributed by atoms with Gasteiger partial charge in [-0.2, -0.15) is 0 Å². The molecule has 1 unspecified atom stereocenters. The minimum atomic E-state index is -0.355. The number of nitro benzene ring substituents is 1. The molecular formula is C16H18N2O3. The van der Waals surface area contributed by atoms with E-state index < -0.39 is 0 Å². The molecule has 110 valence electrons. The number of ether oxygens (including phenoxy) is 1. The van der Waals surface area contributed by atoms with E-state index in [0.29, 0.717) is 17.7 Å². The number of nitrogens with one attached hydrogen (secondary N) is 1. The highest BCUT2D eigenvalue weighted by molar-refractivity contribution is 5.46. The van der Waals surface area contributed by atoms with Gasteiger partial charge in [0.15, 0.2) is 0 Å². The van der Waals surface area contributed by atoms with Crippen LogP contribution < -0.4 is 10.1 Å². The maximum absolute atomic E-state index is 11.2. The topological polar surface area (TPSA) is 64.4 Å². The molecule has 1 N–H and O–H groups in total. The lowest BCUT2D eigenvalue weighted by Gasteiger charge is -2.17. The SMILES string of the molecule is CNC(Cc1cc(OC)ccc1[N+](=O)[O-])c1ccccc1. The van der Waals surface area contributed by atoms with Crippen LogP contribution in [0.2, 0.25) is 0 Å². The molecule has 0 aromatic heterocycles. The first-order valence-corrected chi connectivity index (χ1v) is 6.69. The van der Waals surface area contributed by atoms with E-state index in [2.05, 4.69) is 5.32 Å². The summed E-state index contributed by atoms with van der Waals surface area (Å²) < 4.78 is 5.17. The third-order valence-electron chi connectivity index (χ3n) is 3.46. The van der Waals surface area contributed by atoms with Crippen LogP contribution in [0, 0.1) is 10.1 Å². The number of rotatable bonds is 6. The number of nitrogens with zero attached hydrogens (tertiary/aromatic N) is 1. The first-order chi connectivity index (χ1) is 10.2. The van der Waals surface area contributed by atoms with E-state index in [9.17, 15) is 10.1 Å². The molecule has 5 nitrogen and oxygen atoms in total. The summed E-state index contributed by atoms with van der Waals surface area (Å²) in [5.41, 5.74) is 1.87. The highest BCUT2D eigenvalue weighted by Gasteiger charge is 2.19. The van der Waals surface area contributed by atoms with E-state index in [-0.39, 0.29) is 16.7 Å². The fourth-order valence-electron chi connectivity index (χ4n) is 2.32. The molecule has 0 saturated heterocycles. The number of hydrogen-bond donors (Lipinski definition) is 1. The smallest absolute Gasteiger partial charge is 0.272 e. The summed E-state index contributed by atoms with van der Waals surface area (Å²) in [7, 11) is 3.40. The van der Waals surface area contributed by atoms with Crippen molar-refractivity contribution in [3.8, 4) is 5.75 Å². The summed E-state index contributed by atoms with van der Waals surface area (Å²) >= 11 is 0. The number of benzene rings is 2. The molecule has 2 rings (SSSR count). The van der Waals surface area contributed by atoms with Gasteiger partial charge in [-0.05, 0) is 31.2 Å². The van der Waals surface area contributed by atoms with Crippen molar-refractivity contribution in [1.29, 1.82) is 0 Å². The minimum absolute atomic E-state index is 0.0111. The molecule has 0 radical (unpaired) electrons. The Balaban J connectivity index is 2.34. The predicted molar refractivity (Wildman–Crippen MR) is 81.6 cm³/mol. The summed E-state index contributed by atoms with van der Waals surface area (Å²) in [5.74, 6) is 0.624. The quantitative estimate of drug-likeness (QED) is 0.654. The fraction of sp³-hybridized carbons (Fsp3) is 0.250. The first-order valence-electron chi connectivity index (χ1n) is 6.69. The Labute approximate surface area is 123 Å². The van der Waals surface area contributed by atoms with Crippen molar-refractivity contribution < 1.29 is 9.66 Å². The van der Waals surface area contributed by atoms with Gasteiger partial charge in [-0.1, -0.05) is 30.3 Å². The lowest BCUT2D eigenvalue weighted by atomic mass is 9.98. The van der Waals surface area contributed by atoms with E-state index in [0.717, 1.165) is 5.56 Å². The van der Waals surface area contributed by atoms with E-state index >= 15 is 0 Å². The van der Waals surface area contributed by atoms with E-state index in [4.69, 9.17) is 4.74 Å². The van der Waals surface area contributed by atoms with Crippen LogP contribution in [-0.4, -0.2) is 19.1 Å². The molecule has 0 bridgehead atoms. The Kier molecular flexibility index (Phi) is 4.90. The molecule has 0 heterocycles. The van der Waals surface area contributed by atoms with Gasteiger partial charge in [0.25, 0.3) is 5.69 Å². The number of hydrogen-bond acceptors (Lipinski definition) is 4. The minimum Gasteiger partial charge on any atom is -0.497 e. The average molecular weight is 286 g/mol. The highest BCUT2D eigenvalue weighted by Crippen LogP contribution is 2.28. The average Bonchev–Trinajstić information content (AvgIpc) is 2.53. The number of likely N-dealkylation sites (N-methyl/N-ethyl adjacent to an activating group) is 1. The van der Waals surface area contributed by atoms with Gasteiger partial charge in [0.2, 0.25) is 0 Å². The summed E-state index contributed by atoms with van der Waals surface area (Å²) in [6.45, 7) is 0. The van der Waals surface area contributed by atoms with Crippen molar-refractivity contribution in [2.45, 2.75) is 12.5 Å². The molecule has 1 atom stereocenters. The molecule has 0 aliphatic rings. The first kappa shape index (κ1) is 15.0. The Hall–Kier alpha value is -2.40. The third-order valence-corrected chi connectivity index (χ3v) is 3.46. The molecule has 0 saturated carbocycles. The molecule has 0 fully saturated rings. The predicted octanol–water partition coefficient (Wildman–Crippen LogP) is 3.11. The van der Waals surface area contributed by atoms with Crippen molar-refractivity contribution >= 4 is 5.69 Å². The van der Waals surface area contributed by atoms with Crippen LogP contribution in [0.15, 0.2) is 48.5 Å². The highest BCUT2D eigenvalue weighted by atomic mass is 16.6. The third kappa shape index (κ3) is 3.58. The van der Waals surface area contributed by atoms with Gasteiger partial charge in [0.05, 0.1) is 12.0 Å². The van der Waals surface area contributed by atoms with Crippen LogP contribution in [0.1, 0.15) is 17.2 Å². The van der Waals surface area contributed by atoms with E-state index in [1.165, 1.54) is 6.07 Å². The Morgan fingerprint density at radius 3 is 2.52 bits per heavy atom. The Bertz CT molecular complexity index is 614. The Morgan fingerprint density at radius 1 is 1.24 bits per heavy atom.